The first-order valence-corrected chi connectivity index (χ1v) is 12.9. The maximum Gasteiger partial charge on any atom is 0.273 e. The van der Waals surface area contributed by atoms with Gasteiger partial charge in [-0.2, -0.15) is 5.10 Å². The monoisotopic (exact) mass is 511 g/mol. The molecule has 4 aromatic rings. The predicted octanol–water partition coefficient (Wildman–Crippen LogP) is 6.33. The summed E-state index contributed by atoms with van der Waals surface area (Å²) in [7, 11) is 3.28. The molecule has 7 heteroatoms. The van der Waals surface area contributed by atoms with Gasteiger partial charge in [0, 0.05) is 17.7 Å². The van der Waals surface area contributed by atoms with E-state index < -0.39 is 0 Å². The number of hydrogen-bond acceptors (Lipinski definition) is 5. The second kappa shape index (κ2) is 11.0. The van der Waals surface area contributed by atoms with E-state index in [4.69, 9.17) is 14.2 Å². The first kappa shape index (κ1) is 25.4. The highest BCUT2D eigenvalue weighted by Gasteiger charge is 2.42. The topological polar surface area (TPSA) is 76.7 Å². The highest BCUT2D eigenvalue weighted by atomic mass is 16.5. The lowest BCUT2D eigenvalue weighted by atomic mass is 9.95. The van der Waals surface area contributed by atoms with E-state index in [1.165, 1.54) is 0 Å². The molecule has 1 unspecified atom stereocenters. The van der Waals surface area contributed by atoms with Crippen molar-refractivity contribution in [2.75, 3.05) is 20.8 Å². The summed E-state index contributed by atoms with van der Waals surface area (Å²) in [5.41, 5.74) is 6.22. The largest absolute Gasteiger partial charge is 0.497 e. The Morgan fingerprint density at radius 1 is 0.947 bits per heavy atom. The Labute approximate surface area is 223 Å². The Hall–Kier alpha value is -4.26. The first-order chi connectivity index (χ1) is 18.5. The Kier molecular flexibility index (Phi) is 7.36. The predicted molar refractivity (Wildman–Crippen MR) is 147 cm³/mol. The number of methoxy groups -OCH3 is 2. The molecular formula is C31H33N3O4. The molecule has 0 saturated carbocycles. The van der Waals surface area contributed by atoms with Gasteiger partial charge >= 0.3 is 0 Å². The first-order valence-electron chi connectivity index (χ1n) is 12.9. The van der Waals surface area contributed by atoms with E-state index in [2.05, 4.69) is 36.2 Å². The van der Waals surface area contributed by atoms with Crippen molar-refractivity contribution in [3.05, 3.63) is 94.7 Å². The maximum atomic E-state index is 13.8. The number of ether oxygens (including phenoxy) is 3. The number of carbonyl (C=O) groups is 1. The molecule has 1 N–H and O–H groups in total. The number of nitrogens with one attached hydrogen (secondary N) is 1. The number of benzene rings is 3. The van der Waals surface area contributed by atoms with Crippen molar-refractivity contribution in [1.29, 1.82) is 0 Å². The zero-order valence-electron chi connectivity index (χ0n) is 22.3. The molecule has 0 radical (unpaired) electrons. The molecule has 1 aromatic heterocycles. The van der Waals surface area contributed by atoms with Crippen molar-refractivity contribution in [3.63, 3.8) is 0 Å². The van der Waals surface area contributed by atoms with Gasteiger partial charge in [0.2, 0.25) is 0 Å². The molecule has 0 spiro atoms. The van der Waals surface area contributed by atoms with Crippen LogP contribution in [0.1, 0.15) is 58.5 Å². The summed E-state index contributed by atoms with van der Waals surface area (Å²) in [6, 6.07) is 21.6. The van der Waals surface area contributed by atoms with Crippen LogP contribution in [0.15, 0.2) is 66.7 Å². The lowest BCUT2D eigenvalue weighted by Gasteiger charge is -2.27. The number of nitrogens with zero attached hydrogens (tertiary/aromatic N) is 2. The SMILES string of the molecule is CCCCOc1ccc(C2c3c(-c4ccc(C)cc4)n[nH]c3C(=O)N2Cc2ccc(OC)cc2)cc1OC. The average molecular weight is 512 g/mol. The third kappa shape index (κ3) is 4.84. The zero-order chi connectivity index (χ0) is 26.6. The Morgan fingerprint density at radius 2 is 1.71 bits per heavy atom. The third-order valence-corrected chi connectivity index (χ3v) is 6.96. The molecule has 1 aliphatic rings. The zero-order valence-corrected chi connectivity index (χ0v) is 22.3. The van der Waals surface area contributed by atoms with Crippen LogP contribution in [0.2, 0.25) is 0 Å². The van der Waals surface area contributed by atoms with Crippen LogP contribution in [0.4, 0.5) is 0 Å². The summed E-state index contributed by atoms with van der Waals surface area (Å²) in [6.45, 7) is 5.24. The minimum atomic E-state index is -0.353. The number of fused-ring (bicyclic) bond motifs is 1. The van der Waals surface area contributed by atoms with Gasteiger partial charge in [0.25, 0.3) is 5.91 Å². The molecule has 0 saturated heterocycles. The van der Waals surface area contributed by atoms with Gasteiger partial charge in [0.15, 0.2) is 11.5 Å². The van der Waals surface area contributed by atoms with Crippen LogP contribution in [0, 0.1) is 6.92 Å². The summed E-state index contributed by atoms with van der Waals surface area (Å²) in [4.78, 5) is 15.7. The molecular weight excluding hydrogens is 478 g/mol. The van der Waals surface area contributed by atoms with Crippen LogP contribution in [0.5, 0.6) is 17.2 Å². The summed E-state index contributed by atoms with van der Waals surface area (Å²) in [5, 5.41) is 7.63. The van der Waals surface area contributed by atoms with Gasteiger partial charge in [-0.05, 0) is 48.7 Å². The molecule has 196 valence electrons. The van der Waals surface area contributed by atoms with Gasteiger partial charge in [0.1, 0.15) is 11.4 Å². The van der Waals surface area contributed by atoms with E-state index in [9.17, 15) is 4.79 Å². The second-order valence-electron chi connectivity index (χ2n) is 9.52. The number of hydrogen-bond donors (Lipinski definition) is 1. The Bertz CT molecular complexity index is 1410. The van der Waals surface area contributed by atoms with Crippen molar-refractivity contribution < 1.29 is 19.0 Å². The summed E-state index contributed by atoms with van der Waals surface area (Å²) in [6.07, 6.45) is 2.02. The Morgan fingerprint density at radius 3 is 2.39 bits per heavy atom. The highest BCUT2D eigenvalue weighted by molar-refractivity contribution is 6.00. The van der Waals surface area contributed by atoms with Crippen molar-refractivity contribution in [2.45, 2.75) is 39.3 Å². The number of unbranched alkanes of at least 4 members (excludes halogenated alkanes) is 1. The van der Waals surface area contributed by atoms with Crippen molar-refractivity contribution >= 4 is 5.91 Å². The number of aromatic nitrogens is 2. The van der Waals surface area contributed by atoms with E-state index in [1.54, 1.807) is 14.2 Å². The van der Waals surface area contributed by atoms with Gasteiger partial charge in [-0.3, -0.25) is 9.89 Å². The van der Waals surface area contributed by atoms with Crippen LogP contribution < -0.4 is 14.2 Å². The molecule has 3 aromatic carbocycles. The third-order valence-electron chi connectivity index (χ3n) is 6.96. The van der Waals surface area contributed by atoms with Crippen LogP contribution in [-0.4, -0.2) is 41.8 Å². The fourth-order valence-electron chi connectivity index (χ4n) is 4.87. The highest BCUT2D eigenvalue weighted by Crippen LogP contribution is 2.45. The minimum absolute atomic E-state index is 0.0890. The van der Waals surface area contributed by atoms with Crippen LogP contribution in [-0.2, 0) is 6.54 Å². The van der Waals surface area contributed by atoms with Gasteiger partial charge in [0.05, 0.1) is 32.6 Å². The Balaban J connectivity index is 1.58. The fraction of sp³-hybridized carbons (Fsp3) is 0.290. The van der Waals surface area contributed by atoms with Gasteiger partial charge in [-0.25, -0.2) is 0 Å². The van der Waals surface area contributed by atoms with E-state index in [1.807, 2.05) is 59.5 Å². The number of rotatable bonds is 10. The number of amides is 1. The minimum Gasteiger partial charge on any atom is -0.497 e. The number of H-pyrrole nitrogens is 1. The fourth-order valence-corrected chi connectivity index (χ4v) is 4.87. The molecule has 0 fully saturated rings. The summed E-state index contributed by atoms with van der Waals surface area (Å²) < 4.78 is 17.0. The summed E-state index contributed by atoms with van der Waals surface area (Å²) >= 11 is 0. The van der Waals surface area contributed by atoms with E-state index >= 15 is 0 Å². The second-order valence-corrected chi connectivity index (χ2v) is 9.52. The molecule has 0 bridgehead atoms. The molecule has 7 nitrogen and oxygen atoms in total. The molecule has 5 rings (SSSR count). The van der Waals surface area contributed by atoms with Gasteiger partial charge < -0.3 is 19.1 Å². The van der Waals surface area contributed by atoms with Crippen molar-refractivity contribution in [3.8, 4) is 28.5 Å². The smallest absolute Gasteiger partial charge is 0.273 e. The maximum absolute atomic E-state index is 13.8. The molecule has 2 heterocycles. The molecule has 38 heavy (non-hydrogen) atoms. The van der Waals surface area contributed by atoms with Crippen molar-refractivity contribution in [2.24, 2.45) is 0 Å². The molecule has 1 atom stereocenters. The number of aromatic amines is 1. The summed E-state index contributed by atoms with van der Waals surface area (Å²) in [5.74, 6) is 2.03. The molecule has 1 aliphatic heterocycles. The van der Waals surface area contributed by atoms with Crippen LogP contribution in [0.3, 0.4) is 0 Å². The number of carbonyl (C=O) groups excluding carboxylic acids is 1. The number of aryl methyl sites for hydroxylation is 1. The quantitative estimate of drug-likeness (QED) is 0.252. The van der Waals surface area contributed by atoms with Crippen LogP contribution >= 0.6 is 0 Å². The van der Waals surface area contributed by atoms with Crippen LogP contribution in [0.25, 0.3) is 11.3 Å². The van der Waals surface area contributed by atoms with E-state index in [0.29, 0.717) is 30.3 Å². The normalized spacial score (nSPS) is 14.5. The van der Waals surface area contributed by atoms with Gasteiger partial charge in [-0.15, -0.1) is 0 Å². The molecule has 1 amide bonds. The molecule has 0 aliphatic carbocycles. The van der Waals surface area contributed by atoms with E-state index in [0.717, 1.165) is 52.1 Å². The van der Waals surface area contributed by atoms with Crippen molar-refractivity contribution in [1.82, 2.24) is 15.1 Å². The average Bonchev–Trinajstić information content (AvgIpc) is 3.49. The lowest BCUT2D eigenvalue weighted by molar-refractivity contribution is 0.0730. The van der Waals surface area contributed by atoms with E-state index in [-0.39, 0.29) is 11.9 Å². The standard InChI is InChI=1S/C31H33N3O4/c1-5-6-17-38-25-16-13-23(18-26(25)37-4)30-27-28(22-11-7-20(2)8-12-22)32-33-29(27)31(35)34(30)19-21-9-14-24(36-3)15-10-21/h7-16,18,30H,5-6,17,19H2,1-4H3,(H,32,33). The van der Waals surface area contributed by atoms with Gasteiger partial charge in [-0.1, -0.05) is 61.4 Å². The lowest BCUT2D eigenvalue weighted by Crippen LogP contribution is -2.29.